The van der Waals surface area contributed by atoms with E-state index in [1.165, 1.54) is 5.57 Å². The van der Waals surface area contributed by atoms with Gasteiger partial charge in [-0.05, 0) is 12.5 Å². The van der Waals surface area contributed by atoms with Crippen LogP contribution in [0.25, 0.3) is 0 Å². The third kappa shape index (κ3) is 0.633. The molecule has 1 heterocycles. The lowest BCUT2D eigenvalue weighted by Crippen LogP contribution is -1.84. The third-order valence-electron chi connectivity index (χ3n) is 1.44. The maximum absolute atomic E-state index is 3.90. The number of rotatable bonds is 0. The van der Waals surface area contributed by atoms with E-state index in [1.807, 2.05) is 18.4 Å². The van der Waals surface area contributed by atoms with Gasteiger partial charge in [0.2, 0.25) is 0 Å². The highest BCUT2D eigenvalue weighted by atomic mass is 15.1. The molecular formula is C7H6N2. The van der Waals surface area contributed by atoms with Gasteiger partial charge in [0.15, 0.2) is 0 Å². The molecule has 0 atom stereocenters. The van der Waals surface area contributed by atoms with Gasteiger partial charge in [-0.25, -0.2) is 0 Å². The Morgan fingerprint density at radius 2 is 2.44 bits per heavy atom. The lowest BCUT2D eigenvalue weighted by Gasteiger charge is -1.99. The molecule has 2 nitrogen and oxygen atoms in total. The summed E-state index contributed by atoms with van der Waals surface area (Å²) < 4.78 is 0. The molecule has 2 rings (SSSR count). The zero-order chi connectivity index (χ0) is 6.10. The van der Waals surface area contributed by atoms with Crippen molar-refractivity contribution >= 4 is 0 Å². The van der Waals surface area contributed by atoms with E-state index in [1.54, 1.807) is 0 Å². The maximum Gasteiger partial charge on any atom is 0.0907 e. The van der Waals surface area contributed by atoms with Crippen molar-refractivity contribution in [1.82, 2.24) is 0 Å². The number of hydrogen-bond acceptors (Lipinski definition) is 2. The highest BCUT2D eigenvalue weighted by Crippen LogP contribution is 2.24. The first-order valence-corrected chi connectivity index (χ1v) is 2.94. The van der Waals surface area contributed by atoms with Crippen molar-refractivity contribution in [2.75, 3.05) is 0 Å². The Morgan fingerprint density at radius 3 is 3.33 bits per heavy atom. The van der Waals surface area contributed by atoms with Gasteiger partial charge in [-0.2, -0.15) is 10.2 Å². The number of allylic oxidation sites excluding steroid dienone is 4. The van der Waals surface area contributed by atoms with Crippen LogP contribution in [0.5, 0.6) is 0 Å². The summed E-state index contributed by atoms with van der Waals surface area (Å²) in [6, 6.07) is 0. The second-order valence-corrected chi connectivity index (χ2v) is 2.05. The molecule has 0 saturated carbocycles. The normalized spacial score (nSPS) is 21.3. The van der Waals surface area contributed by atoms with Crippen LogP contribution in [0.1, 0.15) is 6.42 Å². The topological polar surface area (TPSA) is 24.7 Å². The highest BCUT2D eigenvalue weighted by molar-refractivity contribution is 5.39. The number of hydrogen-bond donors (Lipinski definition) is 0. The fourth-order valence-electron chi connectivity index (χ4n) is 0.943. The summed E-state index contributed by atoms with van der Waals surface area (Å²) in [6.45, 7) is 0. The van der Waals surface area contributed by atoms with Crippen LogP contribution in [0, 0.1) is 0 Å². The van der Waals surface area contributed by atoms with Crippen molar-refractivity contribution in [1.29, 1.82) is 0 Å². The summed E-state index contributed by atoms with van der Waals surface area (Å²) in [7, 11) is 0. The molecular weight excluding hydrogens is 112 g/mol. The molecule has 9 heavy (non-hydrogen) atoms. The summed E-state index contributed by atoms with van der Waals surface area (Å²) in [5.41, 5.74) is 2.26. The summed E-state index contributed by atoms with van der Waals surface area (Å²) in [6.07, 6.45) is 8.89. The minimum Gasteiger partial charge on any atom is -0.158 e. The van der Waals surface area contributed by atoms with Crippen LogP contribution in [0.3, 0.4) is 0 Å². The first kappa shape index (κ1) is 4.68. The number of azo groups is 1. The van der Waals surface area contributed by atoms with E-state index in [-0.39, 0.29) is 0 Å². The Balaban J connectivity index is 2.46. The number of nitrogens with zero attached hydrogens (tertiary/aromatic N) is 2. The van der Waals surface area contributed by atoms with Crippen LogP contribution < -0.4 is 0 Å². The van der Waals surface area contributed by atoms with Gasteiger partial charge in [0.05, 0.1) is 11.9 Å². The molecule has 0 aromatic carbocycles. The number of fused-ring (bicyclic) bond motifs is 1. The van der Waals surface area contributed by atoms with Crippen molar-refractivity contribution in [2.24, 2.45) is 10.2 Å². The molecule has 0 fully saturated rings. The Labute approximate surface area is 53.3 Å². The van der Waals surface area contributed by atoms with Crippen LogP contribution in [0.4, 0.5) is 0 Å². The first-order valence-electron chi connectivity index (χ1n) is 2.94. The fourth-order valence-corrected chi connectivity index (χ4v) is 0.943. The van der Waals surface area contributed by atoms with E-state index in [9.17, 15) is 0 Å². The average molecular weight is 118 g/mol. The minimum atomic E-state index is 0.985. The molecule has 0 unspecified atom stereocenters. The maximum atomic E-state index is 3.90. The van der Waals surface area contributed by atoms with Gasteiger partial charge >= 0.3 is 0 Å². The standard InChI is InChI=1S/C7H6N2/c1-2-4-7-6(3-1)5-8-9-7/h1-2,4-5H,3H2. The zero-order valence-corrected chi connectivity index (χ0v) is 4.91. The smallest absolute Gasteiger partial charge is 0.0907 e. The fraction of sp³-hybridized carbons (Fsp3) is 0.143. The molecule has 0 aromatic rings. The quantitative estimate of drug-likeness (QED) is 0.465. The van der Waals surface area contributed by atoms with E-state index in [0.29, 0.717) is 0 Å². The van der Waals surface area contributed by atoms with Crippen molar-refractivity contribution in [2.45, 2.75) is 6.42 Å². The predicted octanol–water partition coefficient (Wildman–Crippen LogP) is 2.18. The molecule has 0 saturated heterocycles. The molecule has 44 valence electrons. The van der Waals surface area contributed by atoms with Gasteiger partial charge < -0.3 is 0 Å². The summed E-state index contributed by atoms with van der Waals surface area (Å²) in [5, 5.41) is 7.68. The van der Waals surface area contributed by atoms with Crippen LogP contribution >= 0.6 is 0 Å². The zero-order valence-electron chi connectivity index (χ0n) is 4.91. The molecule has 0 aromatic heterocycles. The van der Waals surface area contributed by atoms with Crippen molar-refractivity contribution in [3.05, 3.63) is 35.7 Å². The average Bonchev–Trinajstić information content (AvgIpc) is 2.33. The van der Waals surface area contributed by atoms with Gasteiger partial charge in [0.1, 0.15) is 0 Å². The minimum absolute atomic E-state index is 0.985. The monoisotopic (exact) mass is 118 g/mol. The lowest BCUT2D eigenvalue weighted by molar-refractivity contribution is 1.16. The molecule has 0 spiro atoms. The Kier molecular flexibility index (Phi) is 0.859. The van der Waals surface area contributed by atoms with Crippen LogP contribution in [-0.2, 0) is 0 Å². The predicted molar refractivity (Wildman–Crippen MR) is 34.8 cm³/mol. The van der Waals surface area contributed by atoms with Crippen molar-refractivity contribution in [3.8, 4) is 0 Å². The molecule has 0 N–H and O–H groups in total. The Bertz CT molecular complexity index is 244. The van der Waals surface area contributed by atoms with Crippen LogP contribution in [0.2, 0.25) is 0 Å². The first-order chi connectivity index (χ1) is 4.47. The molecule has 0 amide bonds. The van der Waals surface area contributed by atoms with Gasteiger partial charge in [-0.15, -0.1) is 0 Å². The summed E-state index contributed by atoms with van der Waals surface area (Å²) >= 11 is 0. The van der Waals surface area contributed by atoms with Gasteiger partial charge in [-0.1, -0.05) is 12.2 Å². The van der Waals surface area contributed by atoms with E-state index >= 15 is 0 Å². The Hall–Kier alpha value is -1.18. The van der Waals surface area contributed by atoms with E-state index in [2.05, 4.69) is 16.3 Å². The van der Waals surface area contributed by atoms with Gasteiger partial charge in [-0.3, -0.25) is 0 Å². The highest BCUT2D eigenvalue weighted by Gasteiger charge is 2.08. The van der Waals surface area contributed by atoms with Crippen molar-refractivity contribution in [3.63, 3.8) is 0 Å². The van der Waals surface area contributed by atoms with E-state index in [0.717, 1.165) is 12.1 Å². The lowest BCUT2D eigenvalue weighted by atomic mass is 10.1. The molecule has 2 aliphatic rings. The molecule has 1 aliphatic carbocycles. The van der Waals surface area contributed by atoms with Crippen molar-refractivity contribution < 1.29 is 0 Å². The van der Waals surface area contributed by atoms with Crippen LogP contribution in [0.15, 0.2) is 45.9 Å². The second-order valence-electron chi connectivity index (χ2n) is 2.05. The van der Waals surface area contributed by atoms with E-state index < -0.39 is 0 Å². The molecule has 2 heteroatoms. The van der Waals surface area contributed by atoms with Crippen LogP contribution in [-0.4, -0.2) is 0 Å². The molecule has 0 bridgehead atoms. The SMILES string of the molecule is C1=CCC2=CN=NC2=C1. The molecule has 1 aliphatic heterocycles. The van der Waals surface area contributed by atoms with Gasteiger partial charge in [0.25, 0.3) is 0 Å². The molecule has 0 radical (unpaired) electrons. The van der Waals surface area contributed by atoms with E-state index in [4.69, 9.17) is 0 Å². The second kappa shape index (κ2) is 1.65. The summed E-state index contributed by atoms with van der Waals surface area (Å²) in [4.78, 5) is 0. The van der Waals surface area contributed by atoms with Gasteiger partial charge in [0, 0.05) is 5.57 Å². The summed E-state index contributed by atoms with van der Waals surface area (Å²) in [5.74, 6) is 0. The third-order valence-corrected chi connectivity index (χ3v) is 1.44. The Morgan fingerprint density at radius 1 is 1.44 bits per heavy atom. The largest absolute Gasteiger partial charge is 0.158 e.